The molecule has 96 valence electrons. The molecule has 0 aromatic carbocycles. The molecule has 0 spiro atoms. The maximum atomic E-state index is 5.38. The van der Waals surface area contributed by atoms with Crippen molar-refractivity contribution in [2.45, 2.75) is 13.5 Å². The van der Waals surface area contributed by atoms with E-state index in [4.69, 9.17) is 5.84 Å². The zero-order valence-corrected chi connectivity index (χ0v) is 12.4. The number of nitrogens with two attached hydrogens (primary N) is 1. The van der Waals surface area contributed by atoms with E-state index in [2.05, 4.69) is 36.3 Å². The average molecular weight is 329 g/mol. The molecule has 0 unspecified atom stereocenters. The van der Waals surface area contributed by atoms with Gasteiger partial charge in [-0.1, -0.05) is 0 Å². The number of aryl methyl sites for hydroxylation is 1. The number of hydrogen-bond donors (Lipinski definition) is 2. The predicted octanol–water partition coefficient (Wildman–Crippen LogP) is 1.93. The van der Waals surface area contributed by atoms with E-state index in [1.54, 1.807) is 11.3 Å². The van der Waals surface area contributed by atoms with Gasteiger partial charge in [0, 0.05) is 11.9 Å². The van der Waals surface area contributed by atoms with Crippen LogP contribution in [-0.2, 0) is 6.54 Å². The summed E-state index contributed by atoms with van der Waals surface area (Å²) >= 11 is 5.08. The highest BCUT2D eigenvalue weighted by atomic mass is 79.9. The van der Waals surface area contributed by atoms with Gasteiger partial charge in [0.1, 0.15) is 16.6 Å². The number of anilines is 2. The summed E-state index contributed by atoms with van der Waals surface area (Å²) < 4.78 is 0.747. The second-order valence-corrected chi connectivity index (χ2v) is 5.45. The first-order valence-electron chi connectivity index (χ1n) is 5.20. The Kier molecular flexibility index (Phi) is 4.10. The van der Waals surface area contributed by atoms with Crippen LogP contribution < -0.4 is 16.2 Å². The van der Waals surface area contributed by atoms with E-state index in [0.717, 1.165) is 22.5 Å². The van der Waals surface area contributed by atoms with Crippen LogP contribution in [0.2, 0.25) is 0 Å². The fourth-order valence-corrected chi connectivity index (χ4v) is 2.95. The number of nitrogens with zero attached hydrogens (tertiary/aromatic N) is 4. The molecule has 0 saturated carbocycles. The minimum Gasteiger partial charge on any atom is -0.353 e. The van der Waals surface area contributed by atoms with Crippen molar-refractivity contribution < 1.29 is 0 Å². The average Bonchev–Trinajstić information content (AvgIpc) is 2.75. The van der Waals surface area contributed by atoms with E-state index >= 15 is 0 Å². The summed E-state index contributed by atoms with van der Waals surface area (Å²) in [4.78, 5) is 15.7. The number of halogens is 1. The molecule has 0 aliphatic heterocycles. The molecule has 0 bridgehead atoms. The van der Waals surface area contributed by atoms with Crippen LogP contribution in [0.5, 0.6) is 0 Å². The number of aromatic nitrogens is 3. The zero-order chi connectivity index (χ0) is 13.1. The lowest BCUT2D eigenvalue weighted by molar-refractivity contribution is 0.889. The van der Waals surface area contributed by atoms with E-state index in [0.29, 0.717) is 5.82 Å². The highest BCUT2D eigenvalue weighted by Crippen LogP contribution is 2.29. The van der Waals surface area contributed by atoms with Crippen molar-refractivity contribution in [3.05, 3.63) is 26.9 Å². The van der Waals surface area contributed by atoms with Crippen LogP contribution in [0.25, 0.3) is 0 Å². The molecule has 0 aliphatic carbocycles. The molecule has 18 heavy (non-hydrogen) atoms. The van der Waals surface area contributed by atoms with Crippen LogP contribution in [-0.4, -0.2) is 22.0 Å². The van der Waals surface area contributed by atoms with Crippen molar-refractivity contribution in [2.75, 3.05) is 17.4 Å². The molecular formula is C10H13BrN6S. The minimum absolute atomic E-state index is 0.563. The second-order valence-electron chi connectivity index (χ2n) is 3.72. The molecule has 2 aromatic rings. The lowest BCUT2D eigenvalue weighted by Crippen LogP contribution is -2.19. The van der Waals surface area contributed by atoms with Crippen LogP contribution in [0.1, 0.15) is 10.6 Å². The first-order chi connectivity index (χ1) is 8.63. The van der Waals surface area contributed by atoms with E-state index < -0.39 is 0 Å². The van der Waals surface area contributed by atoms with Crippen molar-refractivity contribution >= 4 is 38.9 Å². The molecule has 0 atom stereocenters. The third-order valence-corrected chi connectivity index (χ3v) is 4.15. The van der Waals surface area contributed by atoms with Crippen LogP contribution in [0.4, 0.5) is 11.6 Å². The molecule has 8 heteroatoms. The zero-order valence-electron chi connectivity index (χ0n) is 10.0. The molecule has 0 radical (unpaired) electrons. The van der Waals surface area contributed by atoms with Crippen molar-refractivity contribution in [3.63, 3.8) is 0 Å². The standard InChI is InChI=1S/C10H13BrN6S/c1-6-7(18-5-15-6)3-17(2)10-8(11)9(16-12)13-4-14-10/h4-5H,3,12H2,1-2H3,(H,13,14,16). The quantitative estimate of drug-likeness (QED) is 0.659. The summed E-state index contributed by atoms with van der Waals surface area (Å²) in [5.74, 6) is 6.73. The van der Waals surface area contributed by atoms with Gasteiger partial charge in [-0.3, -0.25) is 0 Å². The van der Waals surface area contributed by atoms with Crippen molar-refractivity contribution in [3.8, 4) is 0 Å². The third-order valence-electron chi connectivity index (χ3n) is 2.50. The lowest BCUT2D eigenvalue weighted by atomic mass is 10.3. The van der Waals surface area contributed by atoms with Gasteiger partial charge in [-0.05, 0) is 22.9 Å². The van der Waals surface area contributed by atoms with Gasteiger partial charge in [0.15, 0.2) is 5.82 Å². The number of hydrogen-bond acceptors (Lipinski definition) is 7. The van der Waals surface area contributed by atoms with Gasteiger partial charge in [0.2, 0.25) is 0 Å². The van der Waals surface area contributed by atoms with Crippen molar-refractivity contribution in [1.82, 2.24) is 15.0 Å². The van der Waals surface area contributed by atoms with Gasteiger partial charge in [-0.15, -0.1) is 11.3 Å². The summed E-state index contributed by atoms with van der Waals surface area (Å²) in [6.45, 7) is 2.75. The van der Waals surface area contributed by atoms with E-state index in [-0.39, 0.29) is 0 Å². The Balaban J connectivity index is 2.24. The van der Waals surface area contributed by atoms with E-state index in [1.165, 1.54) is 11.2 Å². The maximum Gasteiger partial charge on any atom is 0.159 e. The Labute approximate surface area is 117 Å². The van der Waals surface area contributed by atoms with Gasteiger partial charge >= 0.3 is 0 Å². The van der Waals surface area contributed by atoms with Gasteiger partial charge in [0.25, 0.3) is 0 Å². The largest absolute Gasteiger partial charge is 0.353 e. The maximum absolute atomic E-state index is 5.38. The van der Waals surface area contributed by atoms with E-state index in [9.17, 15) is 0 Å². The van der Waals surface area contributed by atoms with Gasteiger partial charge < -0.3 is 10.3 Å². The Morgan fingerprint density at radius 1 is 1.44 bits per heavy atom. The Morgan fingerprint density at radius 3 is 2.83 bits per heavy atom. The van der Waals surface area contributed by atoms with Crippen LogP contribution >= 0.6 is 27.3 Å². The number of nitrogen functional groups attached to an aromatic ring is 1. The van der Waals surface area contributed by atoms with Gasteiger partial charge in [0.05, 0.1) is 17.7 Å². The number of nitrogens with one attached hydrogen (secondary N) is 1. The fourth-order valence-electron chi connectivity index (χ4n) is 1.50. The molecule has 0 saturated heterocycles. The first kappa shape index (κ1) is 13.2. The summed E-state index contributed by atoms with van der Waals surface area (Å²) in [7, 11) is 1.96. The highest BCUT2D eigenvalue weighted by molar-refractivity contribution is 9.10. The molecule has 3 N–H and O–H groups in total. The molecule has 2 aromatic heterocycles. The number of thiazole rings is 1. The normalized spacial score (nSPS) is 10.4. The van der Waals surface area contributed by atoms with E-state index in [1.807, 2.05) is 24.4 Å². The molecule has 2 heterocycles. The minimum atomic E-state index is 0.563. The monoisotopic (exact) mass is 328 g/mol. The summed E-state index contributed by atoms with van der Waals surface area (Å²) in [5.41, 5.74) is 5.42. The van der Waals surface area contributed by atoms with Crippen LogP contribution in [0, 0.1) is 6.92 Å². The molecule has 6 nitrogen and oxygen atoms in total. The Hall–Kier alpha value is -1.25. The summed E-state index contributed by atoms with van der Waals surface area (Å²) in [6.07, 6.45) is 1.48. The predicted molar refractivity (Wildman–Crippen MR) is 76.5 cm³/mol. The Bertz CT molecular complexity index is 543. The summed E-state index contributed by atoms with van der Waals surface area (Å²) in [6, 6.07) is 0. The lowest BCUT2D eigenvalue weighted by Gasteiger charge is -2.19. The molecule has 0 aliphatic rings. The Morgan fingerprint density at radius 2 is 2.22 bits per heavy atom. The number of rotatable bonds is 4. The molecular weight excluding hydrogens is 316 g/mol. The van der Waals surface area contributed by atoms with Crippen LogP contribution in [0.3, 0.4) is 0 Å². The van der Waals surface area contributed by atoms with Crippen LogP contribution in [0.15, 0.2) is 16.3 Å². The van der Waals surface area contributed by atoms with Gasteiger partial charge in [-0.25, -0.2) is 20.8 Å². The van der Waals surface area contributed by atoms with Gasteiger partial charge in [-0.2, -0.15) is 0 Å². The molecule has 0 amide bonds. The highest BCUT2D eigenvalue weighted by Gasteiger charge is 2.13. The molecule has 2 rings (SSSR count). The smallest absolute Gasteiger partial charge is 0.159 e. The van der Waals surface area contributed by atoms with Crippen molar-refractivity contribution in [1.29, 1.82) is 0 Å². The fraction of sp³-hybridized carbons (Fsp3) is 0.300. The number of hydrazine groups is 1. The molecule has 0 fully saturated rings. The summed E-state index contributed by atoms with van der Waals surface area (Å²) in [5, 5.41) is 0. The SMILES string of the molecule is Cc1ncsc1CN(C)c1ncnc(NN)c1Br. The second kappa shape index (κ2) is 5.59. The van der Waals surface area contributed by atoms with Crippen molar-refractivity contribution in [2.24, 2.45) is 5.84 Å². The third kappa shape index (κ3) is 2.60. The topological polar surface area (TPSA) is 80.0 Å². The first-order valence-corrected chi connectivity index (χ1v) is 6.88.